The molecule has 1 aromatic carbocycles. The summed E-state index contributed by atoms with van der Waals surface area (Å²) in [4.78, 5) is 37.5. The Morgan fingerprint density at radius 1 is 1.25 bits per heavy atom. The van der Waals surface area contributed by atoms with Crippen molar-refractivity contribution in [3.63, 3.8) is 0 Å². The van der Waals surface area contributed by atoms with Crippen LogP contribution in [-0.2, 0) is 16.1 Å². The first-order valence-electron chi connectivity index (χ1n) is 9.38. The van der Waals surface area contributed by atoms with E-state index in [1.807, 2.05) is 11.8 Å². The van der Waals surface area contributed by atoms with Crippen LogP contribution >= 0.6 is 0 Å². The molecule has 1 saturated heterocycles. The minimum Gasteiger partial charge on any atom is -0.477 e. The zero-order valence-corrected chi connectivity index (χ0v) is 15.9. The Morgan fingerprint density at radius 3 is 2.50 bits per heavy atom. The van der Waals surface area contributed by atoms with Crippen molar-refractivity contribution in [1.29, 1.82) is 0 Å². The van der Waals surface area contributed by atoms with Crippen LogP contribution in [0.2, 0.25) is 0 Å². The molecule has 0 amide bonds. The number of aromatic nitrogens is 1. The number of carbonyl (C=O) groups is 2. The highest BCUT2D eigenvalue weighted by Gasteiger charge is 2.28. The molecule has 0 unspecified atom stereocenters. The maximum atomic E-state index is 14.8. The van der Waals surface area contributed by atoms with E-state index >= 15 is 0 Å². The lowest BCUT2D eigenvalue weighted by molar-refractivity contribution is -0.148. The SMILES string of the molecule is CCOC(=O)C1CCN(c2cc3c(cc2F)c(=O)c(C(=O)O)cn3CC)CC1. The molecule has 2 heterocycles. The highest BCUT2D eigenvalue weighted by Crippen LogP contribution is 2.29. The fourth-order valence-corrected chi connectivity index (χ4v) is 3.67. The van der Waals surface area contributed by atoms with E-state index in [4.69, 9.17) is 4.74 Å². The highest BCUT2D eigenvalue weighted by atomic mass is 19.1. The number of aryl methyl sites for hydroxylation is 1. The second-order valence-electron chi connectivity index (χ2n) is 6.80. The highest BCUT2D eigenvalue weighted by molar-refractivity contribution is 5.93. The largest absolute Gasteiger partial charge is 0.477 e. The zero-order valence-electron chi connectivity index (χ0n) is 15.9. The number of benzene rings is 1. The fraction of sp³-hybridized carbons (Fsp3) is 0.450. The first-order chi connectivity index (χ1) is 13.4. The van der Waals surface area contributed by atoms with Crippen LogP contribution in [0.4, 0.5) is 10.1 Å². The van der Waals surface area contributed by atoms with Gasteiger partial charge in [-0.2, -0.15) is 0 Å². The van der Waals surface area contributed by atoms with Crippen molar-refractivity contribution in [1.82, 2.24) is 4.57 Å². The number of carboxylic acid groups (broad SMARTS) is 1. The number of aromatic carboxylic acids is 1. The van der Waals surface area contributed by atoms with Gasteiger partial charge >= 0.3 is 11.9 Å². The molecule has 1 aromatic heterocycles. The van der Waals surface area contributed by atoms with Crippen molar-refractivity contribution in [2.24, 2.45) is 5.92 Å². The normalized spacial score (nSPS) is 15.0. The molecule has 0 bridgehead atoms. The van der Waals surface area contributed by atoms with Crippen molar-refractivity contribution in [3.8, 4) is 0 Å². The molecule has 0 atom stereocenters. The molecule has 0 spiro atoms. The predicted molar refractivity (Wildman–Crippen MR) is 102 cm³/mol. The summed E-state index contributed by atoms with van der Waals surface area (Å²) in [6.45, 7) is 5.35. The van der Waals surface area contributed by atoms with E-state index in [9.17, 15) is 23.9 Å². The van der Waals surface area contributed by atoms with Crippen LogP contribution in [0.1, 0.15) is 37.0 Å². The summed E-state index contributed by atoms with van der Waals surface area (Å²) in [7, 11) is 0. The van der Waals surface area contributed by atoms with Crippen LogP contribution in [0.5, 0.6) is 0 Å². The molecule has 2 aromatic rings. The Kier molecular flexibility index (Phi) is 5.67. The average molecular weight is 390 g/mol. The summed E-state index contributed by atoms with van der Waals surface area (Å²) in [6, 6.07) is 2.70. The van der Waals surface area contributed by atoms with E-state index < -0.39 is 17.2 Å². The smallest absolute Gasteiger partial charge is 0.341 e. The third-order valence-electron chi connectivity index (χ3n) is 5.18. The van der Waals surface area contributed by atoms with Gasteiger partial charge in [0.25, 0.3) is 0 Å². The topological polar surface area (TPSA) is 88.8 Å². The van der Waals surface area contributed by atoms with Gasteiger partial charge in [0.05, 0.1) is 23.7 Å². The second-order valence-corrected chi connectivity index (χ2v) is 6.80. The molecule has 28 heavy (non-hydrogen) atoms. The summed E-state index contributed by atoms with van der Waals surface area (Å²) >= 11 is 0. The minimum absolute atomic E-state index is 0.0457. The number of rotatable bonds is 5. The van der Waals surface area contributed by atoms with Gasteiger partial charge in [0.15, 0.2) is 0 Å². The van der Waals surface area contributed by atoms with E-state index in [2.05, 4.69) is 0 Å². The van der Waals surface area contributed by atoms with Crippen LogP contribution in [0.25, 0.3) is 10.9 Å². The number of hydrogen-bond acceptors (Lipinski definition) is 5. The molecule has 1 N–H and O–H groups in total. The number of halogens is 1. The number of pyridine rings is 1. The summed E-state index contributed by atoms with van der Waals surface area (Å²) in [5.74, 6) is -2.32. The van der Waals surface area contributed by atoms with Gasteiger partial charge in [-0.15, -0.1) is 0 Å². The van der Waals surface area contributed by atoms with E-state index in [0.29, 0.717) is 50.3 Å². The zero-order chi connectivity index (χ0) is 20.4. The van der Waals surface area contributed by atoms with Crippen LogP contribution in [-0.4, -0.2) is 41.3 Å². The lowest BCUT2D eigenvalue weighted by Gasteiger charge is -2.33. The van der Waals surface area contributed by atoms with Crippen molar-refractivity contribution in [2.45, 2.75) is 33.2 Å². The average Bonchev–Trinajstić information content (AvgIpc) is 2.68. The summed E-state index contributed by atoms with van der Waals surface area (Å²) in [5, 5.41) is 9.27. The van der Waals surface area contributed by atoms with Gasteiger partial charge in [-0.25, -0.2) is 9.18 Å². The first kappa shape index (κ1) is 19.9. The molecular weight excluding hydrogens is 367 g/mol. The number of carboxylic acids is 1. The molecule has 150 valence electrons. The Labute approximate surface area is 161 Å². The third kappa shape index (κ3) is 3.58. The lowest BCUT2D eigenvalue weighted by Crippen LogP contribution is -2.37. The van der Waals surface area contributed by atoms with Gasteiger partial charge in [-0.3, -0.25) is 9.59 Å². The van der Waals surface area contributed by atoms with Gasteiger partial charge < -0.3 is 19.3 Å². The van der Waals surface area contributed by atoms with Gasteiger partial charge in [0.1, 0.15) is 11.4 Å². The molecule has 0 aliphatic carbocycles. The quantitative estimate of drug-likeness (QED) is 0.790. The number of anilines is 1. The van der Waals surface area contributed by atoms with Gasteiger partial charge in [0, 0.05) is 31.2 Å². The molecule has 7 nitrogen and oxygen atoms in total. The molecule has 8 heteroatoms. The number of fused-ring (bicyclic) bond motifs is 1. The predicted octanol–water partition coefficient (Wildman–Crippen LogP) is 2.64. The standard InChI is InChI=1S/C20H23FN2O5/c1-3-22-11-14(19(25)26)18(24)13-9-15(21)17(10-16(13)22)23-7-5-12(6-8-23)20(27)28-4-2/h9-12H,3-8H2,1-2H3,(H,25,26). The Balaban J connectivity index is 1.97. The first-order valence-corrected chi connectivity index (χ1v) is 9.38. The van der Waals surface area contributed by atoms with Crippen LogP contribution < -0.4 is 10.3 Å². The maximum absolute atomic E-state index is 14.8. The Bertz CT molecular complexity index is 977. The van der Waals surface area contributed by atoms with Crippen molar-refractivity contribution in [2.75, 3.05) is 24.6 Å². The number of ether oxygens (including phenoxy) is 1. The van der Waals surface area contributed by atoms with Crippen LogP contribution in [0.15, 0.2) is 23.1 Å². The van der Waals surface area contributed by atoms with E-state index in [-0.39, 0.29) is 22.8 Å². The maximum Gasteiger partial charge on any atom is 0.341 e. The molecule has 3 rings (SSSR count). The van der Waals surface area contributed by atoms with Crippen molar-refractivity contribution < 1.29 is 23.8 Å². The van der Waals surface area contributed by atoms with Gasteiger partial charge in [0.2, 0.25) is 5.43 Å². The molecule has 0 radical (unpaired) electrons. The molecule has 1 aliphatic rings. The van der Waals surface area contributed by atoms with E-state index in [1.165, 1.54) is 6.20 Å². The summed E-state index contributed by atoms with van der Waals surface area (Å²) < 4.78 is 21.5. The Hall–Kier alpha value is -2.90. The number of nitrogens with zero attached hydrogens (tertiary/aromatic N) is 2. The number of hydrogen-bond donors (Lipinski definition) is 1. The van der Waals surface area contributed by atoms with Crippen molar-refractivity contribution in [3.05, 3.63) is 39.9 Å². The number of esters is 1. The van der Waals surface area contributed by atoms with Crippen LogP contribution in [0.3, 0.4) is 0 Å². The summed E-state index contributed by atoms with van der Waals surface area (Å²) in [6.07, 6.45) is 2.42. The van der Waals surface area contributed by atoms with Crippen molar-refractivity contribution >= 4 is 28.5 Å². The number of carbonyl (C=O) groups excluding carboxylic acids is 1. The van der Waals surface area contributed by atoms with Gasteiger partial charge in [-0.05, 0) is 38.8 Å². The number of piperidine rings is 1. The second kappa shape index (κ2) is 8.00. The molecule has 1 aliphatic heterocycles. The third-order valence-corrected chi connectivity index (χ3v) is 5.18. The summed E-state index contributed by atoms with van der Waals surface area (Å²) in [5.41, 5.74) is -0.240. The molecule has 1 fully saturated rings. The Morgan fingerprint density at radius 2 is 1.93 bits per heavy atom. The van der Waals surface area contributed by atoms with Gasteiger partial charge in [-0.1, -0.05) is 0 Å². The van der Waals surface area contributed by atoms with E-state index in [1.54, 1.807) is 17.6 Å². The molecular formula is C20H23FN2O5. The van der Waals surface area contributed by atoms with Crippen LogP contribution in [0, 0.1) is 11.7 Å². The fourth-order valence-electron chi connectivity index (χ4n) is 3.67. The lowest BCUT2D eigenvalue weighted by atomic mass is 9.96. The monoisotopic (exact) mass is 390 g/mol. The minimum atomic E-state index is -1.33. The molecule has 0 saturated carbocycles. The van der Waals surface area contributed by atoms with E-state index in [0.717, 1.165) is 6.07 Å².